The number of piperidine rings is 1. The molecule has 1 aliphatic rings. The van der Waals surface area contributed by atoms with E-state index < -0.39 is 18.0 Å². The van der Waals surface area contributed by atoms with Gasteiger partial charge in [0.25, 0.3) is 0 Å². The molecule has 1 saturated heterocycles. The Morgan fingerprint density at radius 1 is 1.63 bits per heavy atom. The predicted molar refractivity (Wildman–Crippen MR) is 69.6 cm³/mol. The van der Waals surface area contributed by atoms with Crippen molar-refractivity contribution in [3.8, 4) is 12.3 Å². The maximum Gasteiger partial charge on any atom is 0.327 e. The summed E-state index contributed by atoms with van der Waals surface area (Å²) in [5.41, 5.74) is 0. The summed E-state index contributed by atoms with van der Waals surface area (Å²) in [4.78, 5) is 24.5. The number of carbonyl (C=O) groups excluding carboxylic acids is 1. The van der Waals surface area contributed by atoms with Gasteiger partial charge in [0, 0.05) is 26.1 Å². The molecule has 0 aliphatic carbocycles. The molecule has 0 bridgehead atoms. The van der Waals surface area contributed by atoms with E-state index in [4.69, 9.17) is 16.3 Å². The van der Waals surface area contributed by atoms with Crippen LogP contribution in [0.25, 0.3) is 0 Å². The molecule has 6 heteroatoms. The van der Waals surface area contributed by atoms with E-state index in [2.05, 4.69) is 11.2 Å². The third-order valence-electron chi connectivity index (χ3n) is 2.99. The molecule has 6 nitrogen and oxygen atoms in total. The van der Waals surface area contributed by atoms with E-state index in [9.17, 15) is 9.59 Å². The quantitative estimate of drug-likeness (QED) is 0.718. The van der Waals surface area contributed by atoms with Crippen molar-refractivity contribution in [1.82, 2.24) is 10.2 Å². The Labute approximate surface area is 113 Å². The number of hydrogen-bond acceptors (Lipinski definition) is 3. The second-order valence-electron chi connectivity index (χ2n) is 4.41. The summed E-state index contributed by atoms with van der Waals surface area (Å²) in [6.45, 7) is 3.61. The maximum absolute atomic E-state index is 12.0. The van der Waals surface area contributed by atoms with E-state index in [1.807, 2.05) is 6.92 Å². The normalized spacial score (nSPS) is 20.4. The van der Waals surface area contributed by atoms with Gasteiger partial charge in [0.05, 0.1) is 6.10 Å². The molecule has 0 aromatic rings. The molecule has 0 radical (unpaired) electrons. The van der Waals surface area contributed by atoms with E-state index in [-0.39, 0.29) is 12.5 Å². The zero-order valence-electron chi connectivity index (χ0n) is 11.1. The Hall–Kier alpha value is -1.74. The van der Waals surface area contributed by atoms with Gasteiger partial charge < -0.3 is 20.1 Å². The molecule has 1 rings (SSSR count). The van der Waals surface area contributed by atoms with E-state index >= 15 is 0 Å². The van der Waals surface area contributed by atoms with Gasteiger partial charge in [-0.05, 0) is 19.8 Å². The van der Waals surface area contributed by atoms with Crippen molar-refractivity contribution in [3.05, 3.63) is 0 Å². The Morgan fingerprint density at radius 2 is 2.37 bits per heavy atom. The van der Waals surface area contributed by atoms with Crippen LogP contribution in [0.3, 0.4) is 0 Å². The minimum absolute atomic E-state index is 0.0240. The van der Waals surface area contributed by atoms with Crippen LogP contribution >= 0.6 is 0 Å². The zero-order chi connectivity index (χ0) is 14.3. The second-order valence-corrected chi connectivity index (χ2v) is 4.41. The van der Waals surface area contributed by atoms with Gasteiger partial charge >= 0.3 is 12.0 Å². The van der Waals surface area contributed by atoms with Crippen LogP contribution in [0.1, 0.15) is 26.2 Å². The first-order chi connectivity index (χ1) is 9.08. The van der Waals surface area contributed by atoms with E-state index in [0.29, 0.717) is 19.7 Å². The number of carboxylic acids is 1. The molecule has 0 aromatic heterocycles. The number of carboxylic acid groups (broad SMARTS) is 1. The predicted octanol–water partition coefficient (Wildman–Crippen LogP) is 0.673. The van der Waals surface area contributed by atoms with Gasteiger partial charge in [0.15, 0.2) is 0 Å². The lowest BCUT2D eigenvalue weighted by atomic mass is 10.1. The molecule has 1 heterocycles. The highest BCUT2D eigenvalue weighted by Crippen LogP contribution is 2.13. The largest absolute Gasteiger partial charge is 0.480 e. The first-order valence-corrected chi connectivity index (χ1v) is 6.41. The Kier molecular flexibility index (Phi) is 6.16. The topological polar surface area (TPSA) is 78.9 Å². The highest BCUT2D eigenvalue weighted by Gasteiger charge is 2.27. The van der Waals surface area contributed by atoms with Crippen LogP contribution in [0, 0.1) is 12.3 Å². The molecule has 0 aromatic carbocycles. The molecule has 1 aliphatic heterocycles. The summed E-state index contributed by atoms with van der Waals surface area (Å²) in [7, 11) is 0. The summed E-state index contributed by atoms with van der Waals surface area (Å²) in [6.07, 6.45) is 6.86. The van der Waals surface area contributed by atoms with Crippen LogP contribution in [0.4, 0.5) is 4.79 Å². The minimum atomic E-state index is -1.12. The fraction of sp³-hybridized carbons (Fsp3) is 0.692. The van der Waals surface area contributed by atoms with Crippen LogP contribution in [0.15, 0.2) is 0 Å². The number of hydrogen-bond donors (Lipinski definition) is 2. The van der Waals surface area contributed by atoms with Crippen LogP contribution in [-0.2, 0) is 9.53 Å². The maximum atomic E-state index is 12.0. The molecule has 0 saturated carbocycles. The van der Waals surface area contributed by atoms with Crippen molar-refractivity contribution in [3.63, 3.8) is 0 Å². The summed E-state index contributed by atoms with van der Waals surface area (Å²) in [6, 6.07) is -1.43. The third kappa shape index (κ3) is 4.79. The van der Waals surface area contributed by atoms with Crippen molar-refractivity contribution < 1.29 is 19.4 Å². The summed E-state index contributed by atoms with van der Waals surface area (Å²) >= 11 is 0. The van der Waals surface area contributed by atoms with Crippen molar-refractivity contribution >= 4 is 12.0 Å². The van der Waals surface area contributed by atoms with Gasteiger partial charge in [-0.15, -0.1) is 12.3 Å². The monoisotopic (exact) mass is 268 g/mol. The number of nitrogens with zero attached hydrogens (tertiary/aromatic N) is 1. The van der Waals surface area contributed by atoms with Gasteiger partial charge in [0.1, 0.15) is 6.04 Å². The van der Waals surface area contributed by atoms with E-state index in [1.165, 1.54) is 0 Å². The van der Waals surface area contributed by atoms with Gasteiger partial charge in [0.2, 0.25) is 0 Å². The molecular weight excluding hydrogens is 248 g/mol. The molecule has 2 N–H and O–H groups in total. The number of aliphatic carboxylic acids is 1. The van der Waals surface area contributed by atoms with E-state index in [1.54, 1.807) is 4.90 Å². The highest BCUT2D eigenvalue weighted by atomic mass is 16.5. The fourth-order valence-corrected chi connectivity index (χ4v) is 2.05. The second kappa shape index (κ2) is 7.64. The lowest BCUT2D eigenvalue weighted by Crippen LogP contribution is -2.52. The number of amides is 2. The molecule has 0 spiro atoms. The van der Waals surface area contributed by atoms with Crippen molar-refractivity contribution in [2.45, 2.75) is 38.3 Å². The number of ether oxygens (including phenoxy) is 1. The summed E-state index contributed by atoms with van der Waals surface area (Å²) in [5, 5.41) is 11.4. The van der Waals surface area contributed by atoms with Crippen LogP contribution in [0.5, 0.6) is 0 Å². The molecule has 1 fully saturated rings. The Bertz CT molecular complexity index is 362. The molecule has 19 heavy (non-hydrogen) atoms. The van der Waals surface area contributed by atoms with Crippen molar-refractivity contribution in [2.24, 2.45) is 0 Å². The molecule has 2 amide bonds. The SMILES string of the molecule is C#CCC(NC(=O)N1CCCC(OCC)C1)C(=O)O. The number of likely N-dealkylation sites (tertiary alicyclic amines) is 1. The Balaban J connectivity index is 2.52. The lowest BCUT2D eigenvalue weighted by molar-refractivity contribution is -0.139. The fourth-order valence-electron chi connectivity index (χ4n) is 2.05. The first kappa shape index (κ1) is 15.3. The number of urea groups is 1. The van der Waals surface area contributed by atoms with Gasteiger partial charge in [-0.3, -0.25) is 0 Å². The highest BCUT2D eigenvalue weighted by molar-refractivity contribution is 5.82. The molecule has 106 valence electrons. The smallest absolute Gasteiger partial charge is 0.327 e. The van der Waals surface area contributed by atoms with Gasteiger partial charge in [-0.25, -0.2) is 9.59 Å². The number of terminal acetylenes is 1. The van der Waals surface area contributed by atoms with Crippen LogP contribution in [0.2, 0.25) is 0 Å². The van der Waals surface area contributed by atoms with Crippen molar-refractivity contribution in [1.29, 1.82) is 0 Å². The number of carbonyl (C=O) groups is 2. The van der Waals surface area contributed by atoms with Crippen LogP contribution < -0.4 is 5.32 Å². The summed E-state index contributed by atoms with van der Waals surface area (Å²) < 4.78 is 5.49. The molecule has 2 unspecified atom stereocenters. The molecule has 2 atom stereocenters. The third-order valence-corrected chi connectivity index (χ3v) is 2.99. The number of nitrogens with one attached hydrogen (secondary N) is 1. The van der Waals surface area contributed by atoms with Crippen LogP contribution in [-0.4, -0.2) is 53.8 Å². The average Bonchev–Trinajstić information content (AvgIpc) is 2.38. The van der Waals surface area contributed by atoms with Crippen molar-refractivity contribution in [2.75, 3.05) is 19.7 Å². The van der Waals surface area contributed by atoms with Gasteiger partial charge in [-0.1, -0.05) is 0 Å². The Morgan fingerprint density at radius 3 is 2.95 bits per heavy atom. The summed E-state index contributed by atoms with van der Waals surface area (Å²) in [5.74, 6) is 1.13. The average molecular weight is 268 g/mol. The standard InChI is InChI=1S/C13H20N2O4/c1-3-6-11(12(16)17)14-13(18)15-8-5-7-10(9-15)19-4-2/h1,10-11H,4-9H2,2H3,(H,14,18)(H,16,17). The van der Waals surface area contributed by atoms with Gasteiger partial charge in [-0.2, -0.15) is 0 Å². The molecular formula is C13H20N2O4. The lowest BCUT2D eigenvalue weighted by Gasteiger charge is -2.33. The van der Waals surface area contributed by atoms with E-state index in [0.717, 1.165) is 12.8 Å². The minimum Gasteiger partial charge on any atom is -0.480 e. The number of rotatable bonds is 5. The first-order valence-electron chi connectivity index (χ1n) is 6.41. The zero-order valence-corrected chi connectivity index (χ0v) is 11.1.